The Balaban J connectivity index is 1.81. The van der Waals surface area contributed by atoms with Crippen LogP contribution in [0.3, 0.4) is 0 Å². The molecule has 2 unspecified atom stereocenters. The summed E-state index contributed by atoms with van der Waals surface area (Å²) in [7, 11) is 2.47. The van der Waals surface area contributed by atoms with Crippen molar-refractivity contribution in [2.45, 2.75) is 57.7 Å². The molecule has 22 heavy (non-hydrogen) atoms. The van der Waals surface area contributed by atoms with Crippen molar-refractivity contribution >= 4 is 27.6 Å². The van der Waals surface area contributed by atoms with Crippen molar-refractivity contribution in [1.82, 2.24) is 4.98 Å². The Hall–Kier alpha value is -0.635. The molecule has 3 heterocycles. The fourth-order valence-electron chi connectivity index (χ4n) is 3.22. The average Bonchev–Trinajstić information content (AvgIpc) is 2.75. The van der Waals surface area contributed by atoms with Crippen LogP contribution in [0.4, 0.5) is 5.82 Å². The first kappa shape index (κ1) is 16.2. The highest BCUT2D eigenvalue weighted by atomic mass is 31.0. The molecule has 1 saturated heterocycles. The van der Waals surface area contributed by atoms with Crippen LogP contribution in [0.1, 0.15) is 45.6 Å². The first-order valence-corrected chi connectivity index (χ1v) is 9.05. The van der Waals surface area contributed by atoms with E-state index in [1.807, 2.05) is 6.20 Å². The van der Waals surface area contributed by atoms with E-state index in [4.69, 9.17) is 9.31 Å². The minimum Gasteiger partial charge on any atom is -0.399 e. The van der Waals surface area contributed by atoms with Gasteiger partial charge in [-0.2, -0.15) is 0 Å². The molecule has 0 bridgehead atoms. The number of aromatic nitrogens is 1. The molecule has 0 radical (unpaired) electrons. The van der Waals surface area contributed by atoms with E-state index in [0.717, 1.165) is 49.7 Å². The number of pyridine rings is 1. The third kappa shape index (κ3) is 2.91. The number of nitrogens with zero attached hydrogens (tertiary/aromatic N) is 1. The zero-order valence-corrected chi connectivity index (χ0v) is 15.0. The summed E-state index contributed by atoms with van der Waals surface area (Å²) in [6.45, 7) is 7.43. The Morgan fingerprint density at radius 1 is 1.36 bits per heavy atom. The largest absolute Gasteiger partial charge is 0.496 e. The highest BCUT2D eigenvalue weighted by Crippen LogP contribution is 2.40. The van der Waals surface area contributed by atoms with Crippen LogP contribution in [0.5, 0.6) is 0 Å². The molecule has 120 valence electrons. The third-order valence-electron chi connectivity index (χ3n) is 5.08. The van der Waals surface area contributed by atoms with Crippen LogP contribution in [0.25, 0.3) is 0 Å². The molecule has 0 amide bonds. The minimum atomic E-state index is -0.316. The lowest BCUT2D eigenvalue weighted by molar-refractivity contribution is -0.0157. The van der Waals surface area contributed by atoms with Gasteiger partial charge in [0.2, 0.25) is 0 Å². The second kappa shape index (κ2) is 6.11. The first-order valence-electron chi connectivity index (χ1n) is 8.24. The second-order valence-electron chi connectivity index (χ2n) is 7.01. The number of anilines is 1. The van der Waals surface area contributed by atoms with Crippen molar-refractivity contribution in [1.29, 1.82) is 0 Å². The molecule has 1 N–H and O–H groups in total. The lowest BCUT2D eigenvalue weighted by atomic mass is 9.79. The monoisotopic (exact) mass is 320 g/mol. The predicted molar refractivity (Wildman–Crippen MR) is 94.9 cm³/mol. The average molecular weight is 320 g/mol. The van der Waals surface area contributed by atoms with Crippen molar-refractivity contribution in [2.24, 2.45) is 0 Å². The summed E-state index contributed by atoms with van der Waals surface area (Å²) in [6, 6.07) is 2.19. The standard InChI is InChI=1S/C16H26BN2O2P/c1-15(2)16(3,7-5-9-22)21-17(20-15)13-10-12-6-4-8-18-14(12)19-11-13/h10-11H,4-9,22H2,1-3H3,(H,18,19). The Morgan fingerprint density at radius 3 is 2.95 bits per heavy atom. The van der Waals surface area contributed by atoms with Crippen LogP contribution in [-0.4, -0.2) is 36.0 Å². The van der Waals surface area contributed by atoms with E-state index in [-0.39, 0.29) is 18.3 Å². The van der Waals surface area contributed by atoms with E-state index in [1.54, 1.807) is 0 Å². The van der Waals surface area contributed by atoms with Crippen molar-refractivity contribution in [2.75, 3.05) is 18.0 Å². The maximum atomic E-state index is 6.35. The van der Waals surface area contributed by atoms with Crippen molar-refractivity contribution in [3.63, 3.8) is 0 Å². The highest BCUT2D eigenvalue weighted by Gasteiger charge is 2.54. The third-order valence-corrected chi connectivity index (χ3v) is 5.48. The molecule has 2 aliphatic rings. The Morgan fingerprint density at radius 2 is 2.18 bits per heavy atom. The number of hydrogen-bond acceptors (Lipinski definition) is 4. The lowest BCUT2D eigenvalue weighted by Crippen LogP contribution is -2.44. The van der Waals surface area contributed by atoms with Gasteiger partial charge in [-0.15, -0.1) is 9.24 Å². The van der Waals surface area contributed by atoms with Crippen LogP contribution in [0.15, 0.2) is 12.3 Å². The topological polar surface area (TPSA) is 43.4 Å². The van der Waals surface area contributed by atoms with Crippen LogP contribution >= 0.6 is 9.24 Å². The molecule has 0 aliphatic carbocycles. The molecular formula is C16H26BN2O2P. The minimum absolute atomic E-state index is 0.262. The van der Waals surface area contributed by atoms with Gasteiger partial charge < -0.3 is 14.6 Å². The fourth-order valence-corrected chi connectivity index (χ4v) is 3.43. The molecule has 2 aliphatic heterocycles. The van der Waals surface area contributed by atoms with Gasteiger partial charge in [0.25, 0.3) is 0 Å². The maximum absolute atomic E-state index is 6.35. The van der Waals surface area contributed by atoms with Crippen molar-refractivity contribution < 1.29 is 9.31 Å². The van der Waals surface area contributed by atoms with Gasteiger partial charge in [0.1, 0.15) is 5.82 Å². The van der Waals surface area contributed by atoms with E-state index in [1.165, 1.54) is 5.56 Å². The van der Waals surface area contributed by atoms with Gasteiger partial charge in [0, 0.05) is 18.2 Å². The lowest BCUT2D eigenvalue weighted by Gasteiger charge is -2.36. The van der Waals surface area contributed by atoms with Gasteiger partial charge in [0.15, 0.2) is 0 Å². The molecule has 6 heteroatoms. The quantitative estimate of drug-likeness (QED) is 0.683. The molecule has 0 aromatic carbocycles. The summed E-state index contributed by atoms with van der Waals surface area (Å²) in [4.78, 5) is 4.55. The molecule has 0 spiro atoms. The number of nitrogens with one attached hydrogen (secondary N) is 1. The normalized spacial score (nSPS) is 26.6. The summed E-state index contributed by atoms with van der Waals surface area (Å²) in [6.07, 6.45) is 7.32. The van der Waals surface area contributed by atoms with Gasteiger partial charge in [-0.1, -0.05) is 6.07 Å². The SMILES string of the molecule is CC1(C)OB(c2cnc3c(c2)CCCN3)OC1(C)CCCP. The van der Waals surface area contributed by atoms with Crippen LogP contribution < -0.4 is 10.8 Å². The summed E-state index contributed by atoms with van der Waals surface area (Å²) in [5.41, 5.74) is 1.74. The second-order valence-corrected chi connectivity index (χ2v) is 7.59. The zero-order valence-electron chi connectivity index (χ0n) is 13.8. The maximum Gasteiger partial charge on any atom is 0.496 e. The highest BCUT2D eigenvalue weighted by molar-refractivity contribution is 7.16. The molecule has 1 aromatic heterocycles. The van der Waals surface area contributed by atoms with Crippen LogP contribution in [-0.2, 0) is 15.7 Å². The number of hydrogen-bond donors (Lipinski definition) is 1. The van der Waals surface area contributed by atoms with Crippen molar-refractivity contribution in [3.05, 3.63) is 17.8 Å². The first-order chi connectivity index (χ1) is 10.5. The van der Waals surface area contributed by atoms with E-state index in [9.17, 15) is 0 Å². The smallest absolute Gasteiger partial charge is 0.399 e. The van der Waals surface area contributed by atoms with Gasteiger partial charge in [-0.25, -0.2) is 4.98 Å². The van der Waals surface area contributed by atoms with Gasteiger partial charge in [-0.05, 0) is 58.2 Å². The van der Waals surface area contributed by atoms with E-state index in [2.05, 4.69) is 46.4 Å². The Bertz CT molecular complexity index is 555. The molecule has 0 saturated carbocycles. The van der Waals surface area contributed by atoms with Crippen LogP contribution in [0, 0.1) is 0 Å². The van der Waals surface area contributed by atoms with E-state index < -0.39 is 0 Å². The fraction of sp³-hybridized carbons (Fsp3) is 0.688. The summed E-state index contributed by atoms with van der Waals surface area (Å²) in [5, 5.41) is 3.35. The molecule has 1 fully saturated rings. The summed E-state index contributed by atoms with van der Waals surface area (Å²) < 4.78 is 12.6. The number of aryl methyl sites for hydroxylation is 1. The van der Waals surface area contributed by atoms with Gasteiger partial charge in [-0.3, -0.25) is 0 Å². The van der Waals surface area contributed by atoms with Crippen molar-refractivity contribution in [3.8, 4) is 0 Å². The molecule has 1 aromatic rings. The zero-order chi connectivity index (χ0) is 15.8. The van der Waals surface area contributed by atoms with Gasteiger partial charge in [0.05, 0.1) is 11.2 Å². The molecule has 4 nitrogen and oxygen atoms in total. The molecular weight excluding hydrogens is 294 g/mol. The number of fused-ring (bicyclic) bond motifs is 1. The van der Waals surface area contributed by atoms with Crippen LogP contribution in [0.2, 0.25) is 0 Å². The van der Waals surface area contributed by atoms with E-state index in [0.29, 0.717) is 0 Å². The van der Waals surface area contributed by atoms with E-state index >= 15 is 0 Å². The summed E-state index contributed by atoms with van der Waals surface area (Å²) >= 11 is 0. The Kier molecular flexibility index (Phi) is 4.50. The Labute approximate surface area is 136 Å². The summed E-state index contributed by atoms with van der Waals surface area (Å²) in [5.74, 6) is 1.01. The predicted octanol–water partition coefficient (Wildman–Crippen LogP) is 2.37. The number of rotatable bonds is 4. The molecule has 2 atom stereocenters. The molecule has 3 rings (SSSR count). The van der Waals surface area contributed by atoms with Gasteiger partial charge >= 0.3 is 7.12 Å².